The van der Waals surface area contributed by atoms with E-state index in [4.69, 9.17) is 4.52 Å². The Bertz CT molecular complexity index is 1200. The summed E-state index contributed by atoms with van der Waals surface area (Å²) < 4.78 is 12.0. The Morgan fingerprint density at radius 1 is 0.743 bits per heavy atom. The molecule has 2 aliphatic heterocycles. The van der Waals surface area contributed by atoms with Gasteiger partial charge in [-0.25, -0.2) is 4.67 Å². The molecular formula is C30H30N2OP2. The topological polar surface area (TPSA) is 15.7 Å². The van der Waals surface area contributed by atoms with Crippen LogP contribution in [-0.4, -0.2) is 23.8 Å². The molecule has 0 amide bonds. The molecule has 2 saturated heterocycles. The largest absolute Gasteiger partial charge is 0.322 e. The predicted molar refractivity (Wildman–Crippen MR) is 150 cm³/mol. The van der Waals surface area contributed by atoms with Crippen molar-refractivity contribution in [3.05, 3.63) is 121 Å². The number of para-hydroxylation sites is 1. The van der Waals surface area contributed by atoms with Gasteiger partial charge in [0.15, 0.2) is 0 Å². The summed E-state index contributed by atoms with van der Waals surface area (Å²) in [5.41, 5.74) is 2.57. The average molecular weight is 497 g/mol. The first-order chi connectivity index (χ1) is 17.4. The van der Waals surface area contributed by atoms with Crippen LogP contribution >= 0.6 is 16.4 Å². The van der Waals surface area contributed by atoms with Gasteiger partial charge in [-0.2, -0.15) is 0 Å². The molecule has 0 aliphatic carbocycles. The quantitative estimate of drug-likeness (QED) is 0.285. The number of rotatable bonds is 7. The van der Waals surface area contributed by atoms with Crippen LogP contribution in [0.5, 0.6) is 0 Å². The van der Waals surface area contributed by atoms with Gasteiger partial charge < -0.3 is 9.19 Å². The fraction of sp³-hybridized carbons (Fsp3) is 0.200. The van der Waals surface area contributed by atoms with Crippen LogP contribution < -0.4 is 20.6 Å². The molecule has 0 aromatic heterocycles. The second-order valence-corrected chi connectivity index (χ2v) is 13.0. The lowest BCUT2D eigenvalue weighted by molar-refractivity contribution is 0.307. The van der Waals surface area contributed by atoms with Crippen molar-refractivity contribution in [1.82, 2.24) is 4.67 Å². The monoisotopic (exact) mass is 496 g/mol. The van der Waals surface area contributed by atoms with Gasteiger partial charge in [-0.3, -0.25) is 0 Å². The molecule has 2 heterocycles. The van der Waals surface area contributed by atoms with Crippen LogP contribution in [0.4, 0.5) is 5.69 Å². The maximum Gasteiger partial charge on any atom is 0.218 e. The Labute approximate surface area is 211 Å². The van der Waals surface area contributed by atoms with Gasteiger partial charge in [0.2, 0.25) is 8.45 Å². The van der Waals surface area contributed by atoms with Crippen LogP contribution in [0.2, 0.25) is 0 Å². The molecule has 0 bridgehead atoms. The highest BCUT2D eigenvalue weighted by Crippen LogP contribution is 2.57. The first kappa shape index (κ1) is 22.9. The fourth-order valence-electron chi connectivity index (χ4n) is 5.15. The van der Waals surface area contributed by atoms with Crippen molar-refractivity contribution in [2.24, 2.45) is 0 Å². The molecular weight excluding hydrogens is 466 g/mol. The summed E-state index contributed by atoms with van der Waals surface area (Å²) in [7, 11) is -1.47. The Hall–Kier alpha value is -2.54. The molecule has 2 fully saturated rings. The first-order valence-corrected chi connectivity index (χ1v) is 14.9. The molecule has 3 nitrogen and oxygen atoms in total. The zero-order chi connectivity index (χ0) is 23.5. The SMILES string of the molecule is c1ccc(N2C[C@@H]3CCCN3P2OCc2ccccc2P(c2ccccc2)c2ccccc2)cc1. The molecule has 1 unspecified atom stereocenters. The average Bonchev–Trinajstić information content (AvgIpc) is 3.52. The summed E-state index contributed by atoms with van der Waals surface area (Å²) in [4.78, 5) is 0. The molecule has 176 valence electrons. The minimum Gasteiger partial charge on any atom is -0.322 e. The Morgan fingerprint density at radius 3 is 2.03 bits per heavy atom. The van der Waals surface area contributed by atoms with Gasteiger partial charge in [0.1, 0.15) is 0 Å². The molecule has 0 spiro atoms. The van der Waals surface area contributed by atoms with Gasteiger partial charge in [-0.15, -0.1) is 0 Å². The third-order valence-electron chi connectivity index (χ3n) is 6.81. The van der Waals surface area contributed by atoms with Crippen LogP contribution in [0.25, 0.3) is 0 Å². The van der Waals surface area contributed by atoms with Crippen LogP contribution in [0, 0.1) is 0 Å². The minimum atomic E-state index is -0.815. The van der Waals surface area contributed by atoms with Crippen LogP contribution in [0.3, 0.4) is 0 Å². The highest BCUT2D eigenvalue weighted by Gasteiger charge is 2.44. The molecule has 2 aliphatic rings. The predicted octanol–water partition coefficient (Wildman–Crippen LogP) is 6.17. The van der Waals surface area contributed by atoms with Crippen LogP contribution in [0.15, 0.2) is 115 Å². The summed E-state index contributed by atoms with van der Waals surface area (Å²) in [5, 5.41) is 4.13. The normalized spacial score (nSPS) is 19.9. The summed E-state index contributed by atoms with van der Waals surface area (Å²) in [6, 6.07) is 42.2. The van der Waals surface area contributed by atoms with Crippen LogP contribution in [0.1, 0.15) is 18.4 Å². The lowest BCUT2D eigenvalue weighted by atomic mass is 10.2. The molecule has 6 rings (SSSR count). The lowest BCUT2D eigenvalue weighted by Crippen LogP contribution is -2.24. The summed E-state index contributed by atoms with van der Waals surface area (Å²) >= 11 is 0. The van der Waals surface area contributed by atoms with Gasteiger partial charge in [0.25, 0.3) is 0 Å². The fourth-order valence-corrected chi connectivity index (χ4v) is 9.86. The summed E-state index contributed by atoms with van der Waals surface area (Å²) in [5.74, 6) is 0. The number of fused-ring (bicyclic) bond motifs is 1. The van der Waals surface area contributed by atoms with Crippen molar-refractivity contribution in [3.63, 3.8) is 0 Å². The minimum absolute atomic E-state index is 0.613. The third kappa shape index (κ3) is 4.80. The van der Waals surface area contributed by atoms with Crippen molar-refractivity contribution in [2.75, 3.05) is 17.8 Å². The van der Waals surface area contributed by atoms with E-state index in [-0.39, 0.29) is 0 Å². The van der Waals surface area contributed by atoms with E-state index < -0.39 is 16.4 Å². The van der Waals surface area contributed by atoms with E-state index in [1.54, 1.807) is 0 Å². The summed E-state index contributed by atoms with van der Waals surface area (Å²) in [6.45, 7) is 2.84. The second-order valence-electron chi connectivity index (χ2n) is 9.04. The standard InChI is InChI=1S/C30H30N2OP2/c1-4-14-26(15-5-1)32-23-27-16-12-22-31(27)35(32)33-24-25-13-10-11-21-30(25)34(28-17-6-2-7-18-28)29-19-8-3-9-20-29/h1-11,13-15,17-21,27H,12,16,22-24H2/t27-,35?/m0/s1. The molecule has 4 aromatic rings. The molecule has 0 saturated carbocycles. The lowest BCUT2D eigenvalue weighted by Gasteiger charge is -2.30. The third-order valence-corrected chi connectivity index (χ3v) is 11.5. The van der Waals surface area contributed by atoms with E-state index in [1.807, 2.05) is 0 Å². The Morgan fingerprint density at radius 2 is 1.34 bits per heavy atom. The van der Waals surface area contributed by atoms with E-state index in [9.17, 15) is 0 Å². The first-order valence-electron chi connectivity index (χ1n) is 12.4. The van der Waals surface area contributed by atoms with Crippen molar-refractivity contribution in [3.8, 4) is 0 Å². The molecule has 2 atom stereocenters. The maximum atomic E-state index is 6.86. The van der Waals surface area contributed by atoms with Crippen molar-refractivity contribution in [1.29, 1.82) is 0 Å². The van der Waals surface area contributed by atoms with Gasteiger partial charge in [-0.1, -0.05) is 103 Å². The number of anilines is 1. The highest BCUT2D eigenvalue weighted by atomic mass is 31.2. The smallest absolute Gasteiger partial charge is 0.218 e. The number of hydrogen-bond donors (Lipinski definition) is 0. The van der Waals surface area contributed by atoms with Crippen molar-refractivity contribution >= 4 is 38.0 Å². The van der Waals surface area contributed by atoms with E-state index in [1.165, 1.54) is 40.0 Å². The zero-order valence-corrected chi connectivity index (χ0v) is 21.6. The maximum absolute atomic E-state index is 6.86. The van der Waals surface area contributed by atoms with Gasteiger partial charge in [-0.05, 0) is 54.4 Å². The zero-order valence-electron chi connectivity index (χ0n) is 19.8. The van der Waals surface area contributed by atoms with Crippen molar-refractivity contribution < 1.29 is 4.52 Å². The Balaban J connectivity index is 1.32. The van der Waals surface area contributed by atoms with Crippen molar-refractivity contribution in [2.45, 2.75) is 25.5 Å². The van der Waals surface area contributed by atoms with Gasteiger partial charge >= 0.3 is 0 Å². The van der Waals surface area contributed by atoms with Gasteiger partial charge in [0, 0.05) is 24.8 Å². The van der Waals surface area contributed by atoms with E-state index in [0.717, 1.165) is 13.1 Å². The van der Waals surface area contributed by atoms with Gasteiger partial charge in [0.05, 0.1) is 6.61 Å². The number of nitrogens with zero attached hydrogens (tertiary/aromatic N) is 2. The molecule has 0 N–H and O–H groups in total. The summed E-state index contributed by atoms with van der Waals surface area (Å²) in [6.07, 6.45) is 2.55. The molecule has 4 aromatic carbocycles. The number of benzene rings is 4. The number of hydrogen-bond acceptors (Lipinski definition) is 3. The second kappa shape index (κ2) is 10.6. The highest BCUT2D eigenvalue weighted by molar-refractivity contribution is 7.79. The molecule has 5 heteroatoms. The Kier molecular flexibility index (Phi) is 6.94. The van der Waals surface area contributed by atoms with E-state index in [0.29, 0.717) is 12.6 Å². The van der Waals surface area contributed by atoms with Crippen LogP contribution in [-0.2, 0) is 11.1 Å². The van der Waals surface area contributed by atoms with E-state index in [2.05, 4.69) is 125 Å². The molecule has 0 radical (unpaired) electrons. The molecule has 35 heavy (non-hydrogen) atoms. The van der Waals surface area contributed by atoms with E-state index >= 15 is 0 Å².